The molecule has 32 heavy (non-hydrogen) atoms. The average Bonchev–Trinajstić information content (AvgIpc) is 2.74. The highest BCUT2D eigenvalue weighted by Gasteiger charge is 2.36. The lowest BCUT2D eigenvalue weighted by Gasteiger charge is -2.27. The number of halogens is 3. The monoisotopic (exact) mass is 455 g/mol. The van der Waals surface area contributed by atoms with E-state index in [-0.39, 0.29) is 28.4 Å². The number of amides is 1. The molecule has 0 bridgehead atoms. The number of alkyl halides is 3. The number of phenols is 1. The number of aliphatic carboxylic acids is 1. The van der Waals surface area contributed by atoms with Gasteiger partial charge in [-0.2, -0.15) is 13.2 Å². The Bertz CT molecular complexity index is 1020. The highest BCUT2D eigenvalue weighted by Crippen LogP contribution is 2.43. The second-order valence-electron chi connectivity index (χ2n) is 6.98. The van der Waals surface area contributed by atoms with Crippen molar-refractivity contribution in [1.82, 2.24) is 4.90 Å². The van der Waals surface area contributed by atoms with Gasteiger partial charge in [-0.3, -0.25) is 4.79 Å². The lowest BCUT2D eigenvalue weighted by molar-refractivity contribution is -0.139. The van der Waals surface area contributed by atoms with E-state index in [0.717, 1.165) is 6.07 Å². The van der Waals surface area contributed by atoms with Gasteiger partial charge in [-0.25, -0.2) is 4.79 Å². The Labute approximate surface area is 180 Å². The van der Waals surface area contributed by atoms with Crippen molar-refractivity contribution in [2.75, 3.05) is 32.9 Å². The average molecular weight is 455 g/mol. The number of aryl methyl sites for hydroxylation is 1. The van der Waals surface area contributed by atoms with E-state index in [1.165, 1.54) is 30.0 Å². The minimum absolute atomic E-state index is 0.0364. The predicted octanol–water partition coefficient (Wildman–Crippen LogP) is 3.45. The van der Waals surface area contributed by atoms with Crippen LogP contribution >= 0.6 is 0 Å². The third-order valence-corrected chi connectivity index (χ3v) is 4.63. The quantitative estimate of drug-likeness (QED) is 0.687. The maximum absolute atomic E-state index is 13.7. The van der Waals surface area contributed by atoms with Gasteiger partial charge < -0.3 is 29.3 Å². The van der Waals surface area contributed by atoms with E-state index in [4.69, 9.17) is 19.3 Å². The molecule has 1 aliphatic rings. The molecule has 3 rings (SSSR count). The SMILES string of the molecule is Cc1cc(OCC(=O)O)cc(C(F)(F)F)c1Oc1ccc(O)c(C(=O)N2CCOCC2)c1. The molecule has 1 fully saturated rings. The van der Waals surface area contributed by atoms with Gasteiger partial charge in [-0.1, -0.05) is 0 Å². The number of carbonyl (C=O) groups is 2. The molecular formula is C21H20F3NO7. The van der Waals surface area contributed by atoms with Crippen LogP contribution in [-0.2, 0) is 15.7 Å². The molecule has 0 atom stereocenters. The van der Waals surface area contributed by atoms with Gasteiger partial charge in [-0.05, 0) is 42.8 Å². The number of hydrogen-bond donors (Lipinski definition) is 2. The van der Waals surface area contributed by atoms with Crippen molar-refractivity contribution >= 4 is 11.9 Å². The number of ether oxygens (including phenoxy) is 3. The lowest BCUT2D eigenvalue weighted by Crippen LogP contribution is -2.40. The first-order chi connectivity index (χ1) is 15.1. The summed E-state index contributed by atoms with van der Waals surface area (Å²) in [5.41, 5.74) is -1.25. The Morgan fingerprint density at radius 2 is 1.81 bits per heavy atom. The summed E-state index contributed by atoms with van der Waals surface area (Å²) in [6.45, 7) is 1.86. The molecule has 2 aromatic rings. The van der Waals surface area contributed by atoms with Crippen LogP contribution in [0, 0.1) is 6.92 Å². The highest BCUT2D eigenvalue weighted by molar-refractivity contribution is 5.97. The van der Waals surface area contributed by atoms with Crippen LogP contribution in [0.15, 0.2) is 30.3 Å². The number of hydrogen-bond acceptors (Lipinski definition) is 6. The highest BCUT2D eigenvalue weighted by atomic mass is 19.4. The molecule has 0 spiro atoms. The zero-order valence-electron chi connectivity index (χ0n) is 16.9. The summed E-state index contributed by atoms with van der Waals surface area (Å²) in [6, 6.07) is 5.43. The summed E-state index contributed by atoms with van der Waals surface area (Å²) in [5, 5.41) is 18.8. The molecule has 2 aromatic carbocycles. The van der Waals surface area contributed by atoms with E-state index in [1.54, 1.807) is 0 Å². The Balaban J connectivity index is 1.94. The van der Waals surface area contributed by atoms with Crippen LogP contribution < -0.4 is 9.47 Å². The Morgan fingerprint density at radius 3 is 2.44 bits per heavy atom. The van der Waals surface area contributed by atoms with Crippen molar-refractivity contribution in [2.45, 2.75) is 13.1 Å². The molecule has 1 aliphatic heterocycles. The molecule has 0 radical (unpaired) electrons. The first-order valence-electron chi connectivity index (χ1n) is 9.50. The zero-order valence-corrected chi connectivity index (χ0v) is 16.9. The van der Waals surface area contributed by atoms with Crippen LogP contribution in [0.5, 0.6) is 23.0 Å². The summed E-state index contributed by atoms with van der Waals surface area (Å²) in [7, 11) is 0. The molecule has 0 aromatic heterocycles. The molecule has 1 amide bonds. The van der Waals surface area contributed by atoms with E-state index in [1.807, 2.05) is 0 Å². The summed E-state index contributed by atoms with van der Waals surface area (Å²) < 4.78 is 56.5. The number of rotatable bonds is 6. The second-order valence-corrected chi connectivity index (χ2v) is 6.98. The van der Waals surface area contributed by atoms with Crippen LogP contribution in [0.3, 0.4) is 0 Å². The number of morpholine rings is 1. The fourth-order valence-corrected chi connectivity index (χ4v) is 3.12. The minimum atomic E-state index is -4.83. The molecule has 1 saturated heterocycles. The van der Waals surface area contributed by atoms with Crippen LogP contribution in [0.25, 0.3) is 0 Å². The Morgan fingerprint density at radius 1 is 1.12 bits per heavy atom. The van der Waals surface area contributed by atoms with Gasteiger partial charge in [0.15, 0.2) is 6.61 Å². The number of phenolic OH excluding ortho intramolecular Hbond substituents is 1. The Kier molecular flexibility index (Phi) is 6.78. The van der Waals surface area contributed by atoms with Crippen LogP contribution in [0.2, 0.25) is 0 Å². The zero-order chi connectivity index (χ0) is 23.5. The summed E-state index contributed by atoms with van der Waals surface area (Å²) >= 11 is 0. The molecule has 8 nitrogen and oxygen atoms in total. The largest absolute Gasteiger partial charge is 0.507 e. The number of aromatic hydroxyl groups is 1. The topological polar surface area (TPSA) is 106 Å². The predicted molar refractivity (Wildman–Crippen MR) is 104 cm³/mol. The van der Waals surface area contributed by atoms with Gasteiger partial charge in [0.25, 0.3) is 5.91 Å². The van der Waals surface area contributed by atoms with Gasteiger partial charge in [0.2, 0.25) is 0 Å². The fourth-order valence-electron chi connectivity index (χ4n) is 3.12. The standard InChI is InChI=1S/C21H20F3NO7/c1-12-8-14(31-11-18(27)28)10-16(21(22,23)24)19(12)32-13-2-3-17(26)15(9-13)20(29)25-4-6-30-7-5-25/h2-3,8-10,26H,4-7,11H2,1H3,(H,27,28). The third kappa shape index (κ3) is 5.41. The van der Waals surface area contributed by atoms with Crippen molar-refractivity contribution in [3.63, 3.8) is 0 Å². The maximum Gasteiger partial charge on any atom is 0.420 e. The minimum Gasteiger partial charge on any atom is -0.507 e. The summed E-state index contributed by atoms with van der Waals surface area (Å²) in [5.74, 6) is -3.07. The molecule has 0 aliphatic carbocycles. The first kappa shape index (κ1) is 23.2. The summed E-state index contributed by atoms with van der Waals surface area (Å²) in [6.07, 6.45) is -4.83. The van der Waals surface area contributed by atoms with Gasteiger partial charge in [-0.15, -0.1) is 0 Å². The van der Waals surface area contributed by atoms with Crippen molar-refractivity contribution < 1.29 is 47.2 Å². The van der Waals surface area contributed by atoms with Crippen molar-refractivity contribution in [3.8, 4) is 23.0 Å². The van der Waals surface area contributed by atoms with Crippen molar-refractivity contribution in [3.05, 3.63) is 47.0 Å². The van der Waals surface area contributed by atoms with Gasteiger partial charge in [0.05, 0.1) is 18.8 Å². The molecular weight excluding hydrogens is 435 g/mol. The first-order valence-corrected chi connectivity index (χ1v) is 9.50. The van der Waals surface area contributed by atoms with Gasteiger partial charge >= 0.3 is 12.1 Å². The van der Waals surface area contributed by atoms with E-state index < -0.39 is 36.0 Å². The number of carboxylic acids is 1. The number of carbonyl (C=O) groups excluding carboxylic acids is 1. The smallest absolute Gasteiger partial charge is 0.420 e. The number of benzene rings is 2. The van der Waals surface area contributed by atoms with Gasteiger partial charge in [0.1, 0.15) is 28.6 Å². The lowest BCUT2D eigenvalue weighted by atomic mass is 10.1. The van der Waals surface area contributed by atoms with E-state index in [9.17, 15) is 27.9 Å². The molecule has 1 heterocycles. The van der Waals surface area contributed by atoms with E-state index >= 15 is 0 Å². The summed E-state index contributed by atoms with van der Waals surface area (Å²) in [4.78, 5) is 24.8. The molecule has 11 heteroatoms. The van der Waals surface area contributed by atoms with E-state index in [0.29, 0.717) is 32.4 Å². The van der Waals surface area contributed by atoms with Crippen LogP contribution in [0.4, 0.5) is 13.2 Å². The maximum atomic E-state index is 13.7. The van der Waals surface area contributed by atoms with Crippen LogP contribution in [0.1, 0.15) is 21.5 Å². The number of carboxylic acid groups (broad SMARTS) is 1. The molecule has 0 unspecified atom stereocenters. The fraction of sp³-hybridized carbons (Fsp3) is 0.333. The number of nitrogens with zero attached hydrogens (tertiary/aromatic N) is 1. The molecule has 2 N–H and O–H groups in total. The molecule has 172 valence electrons. The third-order valence-electron chi connectivity index (χ3n) is 4.63. The van der Waals surface area contributed by atoms with Crippen molar-refractivity contribution in [2.24, 2.45) is 0 Å². The van der Waals surface area contributed by atoms with Crippen LogP contribution in [-0.4, -0.2) is 59.9 Å². The Hall–Kier alpha value is -3.47. The molecule has 0 saturated carbocycles. The van der Waals surface area contributed by atoms with Crippen molar-refractivity contribution in [1.29, 1.82) is 0 Å². The van der Waals surface area contributed by atoms with Gasteiger partial charge in [0, 0.05) is 13.1 Å². The normalized spacial score (nSPS) is 14.2. The second kappa shape index (κ2) is 9.35. The van der Waals surface area contributed by atoms with E-state index in [2.05, 4.69) is 0 Å².